The summed E-state index contributed by atoms with van der Waals surface area (Å²) in [5.74, 6) is 1.91. The fourth-order valence-electron chi connectivity index (χ4n) is 3.14. The highest BCUT2D eigenvalue weighted by Gasteiger charge is 2.12. The number of methoxy groups -OCH3 is 1. The van der Waals surface area contributed by atoms with E-state index >= 15 is 0 Å². The van der Waals surface area contributed by atoms with Crippen LogP contribution >= 0.6 is 0 Å². The molecule has 1 N–H and O–H groups in total. The fourth-order valence-corrected chi connectivity index (χ4v) is 3.14. The molecule has 0 spiro atoms. The maximum Gasteiger partial charge on any atom is 0.123 e. The van der Waals surface area contributed by atoms with Crippen LogP contribution in [-0.2, 0) is 19.6 Å². The van der Waals surface area contributed by atoms with Gasteiger partial charge in [0.25, 0.3) is 0 Å². The molecule has 1 saturated heterocycles. The van der Waals surface area contributed by atoms with Crippen LogP contribution in [-0.4, -0.2) is 25.1 Å². The summed E-state index contributed by atoms with van der Waals surface area (Å²) in [6.45, 7) is 4.96. The second-order valence-electron chi connectivity index (χ2n) is 6.17. The largest absolute Gasteiger partial charge is 0.496 e. The molecule has 0 bridgehead atoms. The number of benzene rings is 1. The molecule has 1 aliphatic heterocycles. The van der Waals surface area contributed by atoms with E-state index in [0.717, 1.165) is 31.1 Å². The van der Waals surface area contributed by atoms with Gasteiger partial charge in [-0.15, -0.1) is 0 Å². The van der Waals surface area contributed by atoms with Crippen molar-refractivity contribution < 1.29 is 9.15 Å². The molecule has 0 aliphatic carbocycles. The molecule has 1 aliphatic rings. The highest BCUT2D eigenvalue weighted by Crippen LogP contribution is 2.22. The van der Waals surface area contributed by atoms with E-state index in [9.17, 15) is 0 Å². The lowest BCUT2D eigenvalue weighted by Crippen LogP contribution is -2.29. The van der Waals surface area contributed by atoms with Gasteiger partial charge in [0.1, 0.15) is 11.5 Å². The van der Waals surface area contributed by atoms with E-state index < -0.39 is 0 Å². The molecule has 4 heteroatoms. The second kappa shape index (κ2) is 8.18. The maximum atomic E-state index is 5.58. The van der Waals surface area contributed by atoms with E-state index in [0.29, 0.717) is 0 Å². The van der Waals surface area contributed by atoms with Gasteiger partial charge in [0.05, 0.1) is 19.9 Å². The summed E-state index contributed by atoms with van der Waals surface area (Å²) in [6.07, 6.45) is 5.73. The number of ether oxygens (including phenoxy) is 1. The molecular formula is C19H26N2O2. The van der Waals surface area contributed by atoms with Crippen molar-refractivity contribution >= 4 is 0 Å². The first-order valence-corrected chi connectivity index (χ1v) is 8.46. The Morgan fingerprint density at radius 3 is 2.74 bits per heavy atom. The molecule has 4 nitrogen and oxygen atoms in total. The zero-order valence-corrected chi connectivity index (χ0v) is 13.9. The average molecular weight is 314 g/mol. The first-order valence-electron chi connectivity index (χ1n) is 8.46. The Kier molecular flexibility index (Phi) is 5.72. The highest BCUT2D eigenvalue weighted by atomic mass is 16.5. The monoisotopic (exact) mass is 314 g/mol. The van der Waals surface area contributed by atoms with Crippen LogP contribution in [0.2, 0.25) is 0 Å². The van der Waals surface area contributed by atoms with Crippen LogP contribution in [0.25, 0.3) is 0 Å². The lowest BCUT2D eigenvalue weighted by molar-refractivity contribution is 0.220. The van der Waals surface area contributed by atoms with Crippen molar-refractivity contribution in [2.75, 3.05) is 20.2 Å². The highest BCUT2D eigenvalue weighted by molar-refractivity contribution is 5.37. The minimum Gasteiger partial charge on any atom is -0.496 e. The third-order valence-electron chi connectivity index (χ3n) is 4.40. The van der Waals surface area contributed by atoms with Crippen LogP contribution in [0.15, 0.2) is 41.0 Å². The molecule has 0 saturated carbocycles. The number of hydrogen-bond donors (Lipinski definition) is 1. The van der Waals surface area contributed by atoms with Gasteiger partial charge in [0.15, 0.2) is 0 Å². The summed E-state index contributed by atoms with van der Waals surface area (Å²) < 4.78 is 10.9. The van der Waals surface area contributed by atoms with Crippen LogP contribution in [0.5, 0.6) is 5.75 Å². The van der Waals surface area contributed by atoms with Gasteiger partial charge in [-0.3, -0.25) is 4.90 Å². The molecule has 1 aromatic heterocycles. The molecular weight excluding hydrogens is 288 g/mol. The van der Waals surface area contributed by atoms with Crippen LogP contribution in [0.3, 0.4) is 0 Å². The molecule has 124 valence electrons. The third kappa shape index (κ3) is 4.60. The Morgan fingerprint density at radius 1 is 1.13 bits per heavy atom. The van der Waals surface area contributed by atoms with E-state index in [2.05, 4.69) is 28.4 Å². The normalized spacial score (nSPS) is 15.7. The first kappa shape index (κ1) is 16.1. The second-order valence-corrected chi connectivity index (χ2v) is 6.17. The molecule has 2 heterocycles. The summed E-state index contributed by atoms with van der Waals surface area (Å²) in [5.41, 5.74) is 2.51. The molecule has 1 aromatic carbocycles. The molecule has 0 atom stereocenters. The number of hydrogen-bond acceptors (Lipinski definition) is 4. The topological polar surface area (TPSA) is 37.6 Å². The van der Waals surface area contributed by atoms with Crippen LogP contribution in [0.1, 0.15) is 36.1 Å². The number of furan rings is 1. The van der Waals surface area contributed by atoms with Gasteiger partial charge in [-0.25, -0.2) is 0 Å². The Morgan fingerprint density at radius 2 is 2.00 bits per heavy atom. The van der Waals surface area contributed by atoms with Gasteiger partial charge in [0.2, 0.25) is 0 Å². The summed E-state index contributed by atoms with van der Waals surface area (Å²) in [5, 5.41) is 3.40. The first-order chi connectivity index (χ1) is 11.3. The molecule has 0 unspecified atom stereocenters. The predicted octanol–water partition coefficient (Wildman–Crippen LogP) is 3.56. The third-order valence-corrected chi connectivity index (χ3v) is 4.40. The van der Waals surface area contributed by atoms with Crippen molar-refractivity contribution in [3.8, 4) is 5.75 Å². The van der Waals surface area contributed by atoms with E-state index in [1.165, 1.54) is 43.5 Å². The van der Waals surface area contributed by atoms with Gasteiger partial charge >= 0.3 is 0 Å². The van der Waals surface area contributed by atoms with Crippen molar-refractivity contribution in [1.29, 1.82) is 0 Å². The van der Waals surface area contributed by atoms with Crippen LogP contribution in [0, 0.1) is 0 Å². The summed E-state index contributed by atoms with van der Waals surface area (Å²) in [7, 11) is 1.75. The number of piperidine rings is 1. The maximum absolute atomic E-state index is 5.58. The smallest absolute Gasteiger partial charge is 0.123 e. The molecule has 1 fully saturated rings. The van der Waals surface area contributed by atoms with Crippen LogP contribution < -0.4 is 10.1 Å². The minimum atomic E-state index is 0.728. The number of likely N-dealkylation sites (tertiary alicyclic amines) is 1. The zero-order valence-electron chi connectivity index (χ0n) is 13.9. The Labute approximate surface area is 138 Å². The van der Waals surface area contributed by atoms with E-state index in [4.69, 9.17) is 9.15 Å². The van der Waals surface area contributed by atoms with E-state index in [-0.39, 0.29) is 0 Å². The Hall–Kier alpha value is -1.78. The van der Waals surface area contributed by atoms with Crippen molar-refractivity contribution in [1.82, 2.24) is 10.2 Å². The van der Waals surface area contributed by atoms with Crippen LogP contribution in [0.4, 0.5) is 0 Å². The molecule has 3 rings (SSSR count). The van der Waals surface area contributed by atoms with E-state index in [1.54, 1.807) is 13.4 Å². The Bertz CT molecular complexity index is 589. The lowest BCUT2D eigenvalue weighted by Gasteiger charge is -2.26. The molecule has 2 aromatic rings. The summed E-state index contributed by atoms with van der Waals surface area (Å²) >= 11 is 0. The van der Waals surface area contributed by atoms with Gasteiger partial charge in [0, 0.05) is 18.7 Å². The molecule has 0 amide bonds. The van der Waals surface area contributed by atoms with Crippen molar-refractivity contribution in [3.05, 3.63) is 53.5 Å². The van der Waals surface area contributed by atoms with Crippen molar-refractivity contribution in [3.63, 3.8) is 0 Å². The number of nitrogens with zero attached hydrogens (tertiary/aromatic N) is 1. The number of rotatable bonds is 7. The standard InChI is InChI=1S/C19H26N2O2/c1-22-19-12-16(15-21-9-3-2-4-10-21)7-8-17(19)13-20-14-18-6-5-11-23-18/h5-8,11-12,20H,2-4,9-10,13-15H2,1H3. The Balaban J connectivity index is 1.57. The average Bonchev–Trinajstić information content (AvgIpc) is 3.10. The summed E-state index contributed by atoms with van der Waals surface area (Å²) in [4.78, 5) is 2.53. The van der Waals surface area contributed by atoms with E-state index in [1.807, 2.05) is 12.1 Å². The molecule has 0 radical (unpaired) electrons. The minimum absolute atomic E-state index is 0.728. The zero-order chi connectivity index (χ0) is 15.9. The quantitative estimate of drug-likeness (QED) is 0.848. The lowest BCUT2D eigenvalue weighted by atomic mass is 10.1. The van der Waals surface area contributed by atoms with Gasteiger partial charge in [-0.2, -0.15) is 0 Å². The van der Waals surface area contributed by atoms with Crippen molar-refractivity contribution in [2.24, 2.45) is 0 Å². The van der Waals surface area contributed by atoms with Gasteiger partial charge in [-0.05, 0) is 49.7 Å². The molecule has 23 heavy (non-hydrogen) atoms. The number of nitrogens with one attached hydrogen (secondary N) is 1. The van der Waals surface area contributed by atoms with Crippen molar-refractivity contribution in [2.45, 2.75) is 38.9 Å². The fraction of sp³-hybridized carbons (Fsp3) is 0.474. The summed E-state index contributed by atoms with van der Waals surface area (Å²) in [6, 6.07) is 10.5. The van der Waals surface area contributed by atoms with Gasteiger partial charge in [-0.1, -0.05) is 18.6 Å². The van der Waals surface area contributed by atoms with Gasteiger partial charge < -0.3 is 14.5 Å². The predicted molar refractivity (Wildman–Crippen MR) is 91.4 cm³/mol. The SMILES string of the molecule is COc1cc(CN2CCCCC2)ccc1CNCc1ccco1.